The van der Waals surface area contributed by atoms with Crippen molar-refractivity contribution in [2.75, 3.05) is 44.4 Å². The Morgan fingerprint density at radius 1 is 1.06 bits per heavy atom. The summed E-state index contributed by atoms with van der Waals surface area (Å²) in [5, 5.41) is 0. The van der Waals surface area contributed by atoms with E-state index in [1.807, 2.05) is 16.7 Å². The Labute approximate surface area is 107 Å². The Kier molecular flexibility index (Phi) is 3.21. The molecule has 0 bridgehead atoms. The van der Waals surface area contributed by atoms with Gasteiger partial charge in [-0.05, 0) is 19.3 Å². The molecule has 3 heterocycles. The lowest BCUT2D eigenvalue weighted by atomic mass is 9.78. The highest BCUT2D eigenvalue weighted by Crippen LogP contribution is 2.40. The van der Waals surface area contributed by atoms with Crippen molar-refractivity contribution >= 4 is 17.8 Å². The zero-order valence-corrected chi connectivity index (χ0v) is 11.0. The van der Waals surface area contributed by atoms with Crippen LogP contribution in [0.5, 0.6) is 0 Å². The molecular formula is C12H20N2O2S. The van der Waals surface area contributed by atoms with Gasteiger partial charge in [-0.3, -0.25) is 0 Å². The maximum absolute atomic E-state index is 12.5. The van der Waals surface area contributed by atoms with E-state index < -0.39 is 0 Å². The molecule has 0 aliphatic carbocycles. The Morgan fingerprint density at radius 3 is 2.35 bits per heavy atom. The first kappa shape index (κ1) is 11.7. The number of carbonyl (C=O) groups excluding carboxylic acids is 1. The van der Waals surface area contributed by atoms with Gasteiger partial charge in [0.25, 0.3) is 0 Å². The molecule has 3 fully saturated rings. The van der Waals surface area contributed by atoms with Crippen LogP contribution in [-0.2, 0) is 4.74 Å². The Hall–Kier alpha value is -0.420. The van der Waals surface area contributed by atoms with Gasteiger partial charge in [0, 0.05) is 44.4 Å². The van der Waals surface area contributed by atoms with Crippen LogP contribution in [-0.4, -0.2) is 65.7 Å². The van der Waals surface area contributed by atoms with E-state index in [4.69, 9.17) is 4.74 Å². The fourth-order valence-electron chi connectivity index (χ4n) is 3.03. The first-order valence-corrected chi connectivity index (χ1v) is 7.69. The van der Waals surface area contributed by atoms with Crippen LogP contribution in [0.15, 0.2) is 0 Å². The van der Waals surface area contributed by atoms with E-state index in [1.54, 1.807) is 0 Å². The highest BCUT2D eigenvalue weighted by molar-refractivity contribution is 7.99. The fraction of sp³-hybridized carbons (Fsp3) is 0.917. The number of hydrogen-bond acceptors (Lipinski definition) is 3. The van der Waals surface area contributed by atoms with Crippen LogP contribution in [0.25, 0.3) is 0 Å². The molecule has 0 unspecified atom stereocenters. The SMILES string of the molecule is O=C(N1CCSCC1)N1CCC12CCOCC2. The molecule has 0 saturated carbocycles. The second-order valence-corrected chi connectivity index (χ2v) is 6.35. The van der Waals surface area contributed by atoms with Crippen LogP contribution in [0.2, 0.25) is 0 Å². The average Bonchev–Trinajstić information content (AvgIpc) is 2.39. The molecule has 0 atom stereocenters. The van der Waals surface area contributed by atoms with Crippen LogP contribution in [0.1, 0.15) is 19.3 Å². The number of rotatable bonds is 0. The fourth-order valence-corrected chi connectivity index (χ4v) is 3.94. The van der Waals surface area contributed by atoms with Crippen LogP contribution in [0.4, 0.5) is 4.79 Å². The summed E-state index contributed by atoms with van der Waals surface area (Å²) >= 11 is 1.95. The molecule has 3 aliphatic heterocycles. The third kappa shape index (κ3) is 2.03. The second kappa shape index (κ2) is 4.69. The van der Waals surface area contributed by atoms with Crippen LogP contribution >= 0.6 is 11.8 Å². The van der Waals surface area contributed by atoms with Gasteiger partial charge < -0.3 is 14.5 Å². The lowest BCUT2D eigenvalue weighted by molar-refractivity contribution is -0.0691. The van der Waals surface area contributed by atoms with E-state index in [9.17, 15) is 4.79 Å². The molecule has 0 radical (unpaired) electrons. The van der Waals surface area contributed by atoms with Crippen LogP contribution in [0.3, 0.4) is 0 Å². The van der Waals surface area contributed by atoms with Gasteiger partial charge in [-0.2, -0.15) is 11.8 Å². The summed E-state index contributed by atoms with van der Waals surface area (Å²) in [5.74, 6) is 2.19. The van der Waals surface area contributed by atoms with Gasteiger partial charge >= 0.3 is 6.03 Å². The highest BCUT2D eigenvalue weighted by atomic mass is 32.2. The summed E-state index contributed by atoms with van der Waals surface area (Å²) in [5.41, 5.74) is 0.153. The van der Waals surface area contributed by atoms with E-state index in [2.05, 4.69) is 4.90 Å². The molecule has 3 rings (SSSR count). The molecule has 96 valence electrons. The largest absolute Gasteiger partial charge is 0.381 e. The molecule has 2 amide bonds. The minimum atomic E-state index is 0.153. The number of carbonyl (C=O) groups is 1. The van der Waals surface area contributed by atoms with Crippen molar-refractivity contribution in [2.24, 2.45) is 0 Å². The second-order valence-electron chi connectivity index (χ2n) is 5.12. The van der Waals surface area contributed by atoms with E-state index in [1.165, 1.54) is 6.42 Å². The van der Waals surface area contributed by atoms with Crippen molar-refractivity contribution in [1.82, 2.24) is 9.80 Å². The topological polar surface area (TPSA) is 32.8 Å². The predicted molar refractivity (Wildman–Crippen MR) is 68.4 cm³/mol. The summed E-state index contributed by atoms with van der Waals surface area (Å²) in [6.45, 7) is 4.43. The molecule has 0 N–H and O–H groups in total. The quantitative estimate of drug-likeness (QED) is 0.657. The molecule has 17 heavy (non-hydrogen) atoms. The summed E-state index contributed by atoms with van der Waals surface area (Å²) in [4.78, 5) is 16.6. The molecular weight excluding hydrogens is 236 g/mol. The van der Waals surface area contributed by atoms with Gasteiger partial charge in [0.05, 0.1) is 5.54 Å². The average molecular weight is 256 g/mol. The normalized spacial score (nSPS) is 28.0. The molecule has 3 saturated heterocycles. The van der Waals surface area contributed by atoms with E-state index in [0.717, 1.165) is 57.2 Å². The standard InChI is InChI=1S/C12H20N2O2S/c15-11(13-5-9-17-10-6-13)14-4-1-12(14)2-7-16-8-3-12/h1-10H2. The van der Waals surface area contributed by atoms with Crippen molar-refractivity contribution in [3.63, 3.8) is 0 Å². The summed E-state index contributed by atoms with van der Waals surface area (Å²) in [6.07, 6.45) is 3.23. The molecule has 5 heteroatoms. The van der Waals surface area contributed by atoms with Crippen molar-refractivity contribution in [1.29, 1.82) is 0 Å². The number of ether oxygens (including phenoxy) is 1. The highest BCUT2D eigenvalue weighted by Gasteiger charge is 2.49. The van der Waals surface area contributed by atoms with Crippen LogP contribution in [0, 0.1) is 0 Å². The first-order valence-electron chi connectivity index (χ1n) is 6.54. The van der Waals surface area contributed by atoms with Crippen molar-refractivity contribution < 1.29 is 9.53 Å². The predicted octanol–water partition coefficient (Wildman–Crippen LogP) is 1.41. The van der Waals surface area contributed by atoms with E-state index in [-0.39, 0.29) is 11.6 Å². The zero-order valence-electron chi connectivity index (χ0n) is 10.2. The van der Waals surface area contributed by atoms with Gasteiger partial charge in [-0.15, -0.1) is 0 Å². The summed E-state index contributed by atoms with van der Waals surface area (Å²) in [7, 11) is 0. The lowest BCUT2D eigenvalue weighted by Gasteiger charge is -2.55. The Morgan fingerprint density at radius 2 is 1.76 bits per heavy atom. The number of urea groups is 1. The van der Waals surface area contributed by atoms with Gasteiger partial charge in [-0.1, -0.05) is 0 Å². The van der Waals surface area contributed by atoms with E-state index >= 15 is 0 Å². The van der Waals surface area contributed by atoms with Gasteiger partial charge in [0.15, 0.2) is 0 Å². The maximum Gasteiger partial charge on any atom is 0.320 e. The minimum absolute atomic E-state index is 0.153. The van der Waals surface area contributed by atoms with Gasteiger partial charge in [0.2, 0.25) is 0 Å². The van der Waals surface area contributed by atoms with Gasteiger partial charge in [-0.25, -0.2) is 4.79 Å². The number of nitrogens with zero attached hydrogens (tertiary/aromatic N) is 2. The summed E-state index contributed by atoms with van der Waals surface area (Å²) in [6, 6.07) is 0.276. The zero-order chi connectivity index (χ0) is 11.7. The number of thioether (sulfide) groups is 1. The van der Waals surface area contributed by atoms with E-state index in [0.29, 0.717) is 0 Å². The number of amides is 2. The lowest BCUT2D eigenvalue weighted by Crippen LogP contribution is -2.67. The van der Waals surface area contributed by atoms with Crippen LogP contribution < -0.4 is 0 Å². The minimum Gasteiger partial charge on any atom is -0.381 e. The third-order valence-corrected chi connectivity index (χ3v) is 5.25. The third-order valence-electron chi connectivity index (χ3n) is 4.31. The first-order chi connectivity index (χ1) is 8.32. The molecule has 0 aromatic heterocycles. The summed E-state index contributed by atoms with van der Waals surface area (Å²) < 4.78 is 5.42. The van der Waals surface area contributed by atoms with Crippen molar-refractivity contribution in [3.05, 3.63) is 0 Å². The smallest absolute Gasteiger partial charge is 0.320 e. The number of hydrogen-bond donors (Lipinski definition) is 0. The molecule has 4 nitrogen and oxygen atoms in total. The molecule has 3 aliphatic rings. The maximum atomic E-state index is 12.5. The molecule has 0 aromatic carbocycles. The number of likely N-dealkylation sites (tertiary alicyclic amines) is 1. The molecule has 0 aromatic rings. The Balaban J connectivity index is 1.65. The van der Waals surface area contributed by atoms with Crippen molar-refractivity contribution in [3.8, 4) is 0 Å². The van der Waals surface area contributed by atoms with Gasteiger partial charge in [0.1, 0.15) is 0 Å². The molecule has 1 spiro atoms. The monoisotopic (exact) mass is 256 g/mol. The Bertz CT molecular complexity index is 299. The van der Waals surface area contributed by atoms with Crippen molar-refractivity contribution in [2.45, 2.75) is 24.8 Å².